The van der Waals surface area contributed by atoms with E-state index < -0.39 is 34.8 Å². The smallest absolute Gasteiger partial charge is 0.341 e. The minimum atomic E-state index is -1.47. The molecule has 0 N–H and O–H groups in total. The number of thioether (sulfide) groups is 1. The van der Waals surface area contributed by atoms with Gasteiger partial charge in [-0.1, -0.05) is 18.2 Å². The highest BCUT2D eigenvalue weighted by molar-refractivity contribution is 7.98. The topological polar surface area (TPSA) is 35.5 Å². The monoisotopic (exact) mass is 386 g/mol. The average Bonchev–Trinajstić information content (AvgIpc) is 2.64. The molecular formula is C18H14F4O3S. The van der Waals surface area contributed by atoms with Crippen molar-refractivity contribution in [2.24, 2.45) is 0 Å². The van der Waals surface area contributed by atoms with E-state index in [1.54, 1.807) is 24.3 Å². The van der Waals surface area contributed by atoms with Crippen molar-refractivity contribution < 1.29 is 31.8 Å². The van der Waals surface area contributed by atoms with Crippen LogP contribution in [0.5, 0.6) is 0 Å². The number of benzene rings is 2. The van der Waals surface area contributed by atoms with E-state index in [0.29, 0.717) is 10.5 Å². The molecule has 0 aliphatic rings. The van der Waals surface area contributed by atoms with Crippen LogP contribution in [-0.2, 0) is 20.0 Å². The lowest BCUT2D eigenvalue weighted by Gasteiger charge is -2.12. The highest BCUT2D eigenvalue weighted by Gasteiger charge is 2.21. The third kappa shape index (κ3) is 4.19. The van der Waals surface area contributed by atoms with Crippen LogP contribution in [0.2, 0.25) is 0 Å². The van der Waals surface area contributed by atoms with Crippen molar-refractivity contribution >= 4 is 23.3 Å². The van der Waals surface area contributed by atoms with Crippen molar-refractivity contribution in [1.29, 1.82) is 0 Å². The SMILES string of the molecule is CO/C=C(/C(=O)OC)c1ccccc1SCc1c(F)c(F)cc(F)c1F. The fourth-order valence-electron chi connectivity index (χ4n) is 2.16. The molecule has 138 valence electrons. The van der Waals surface area contributed by atoms with Crippen molar-refractivity contribution in [3.05, 3.63) is 71.0 Å². The Balaban J connectivity index is 2.39. The summed E-state index contributed by atoms with van der Waals surface area (Å²) in [5, 5.41) is 0. The molecule has 8 heteroatoms. The van der Waals surface area contributed by atoms with E-state index in [4.69, 9.17) is 9.47 Å². The summed E-state index contributed by atoms with van der Waals surface area (Å²) < 4.78 is 63.8. The zero-order chi connectivity index (χ0) is 19.3. The van der Waals surface area contributed by atoms with Gasteiger partial charge in [0.2, 0.25) is 0 Å². The van der Waals surface area contributed by atoms with Crippen LogP contribution in [0.3, 0.4) is 0 Å². The summed E-state index contributed by atoms with van der Waals surface area (Å²) in [6.45, 7) is 0. The lowest BCUT2D eigenvalue weighted by molar-refractivity contribution is -0.133. The number of ether oxygens (including phenoxy) is 2. The van der Waals surface area contributed by atoms with Crippen LogP contribution < -0.4 is 0 Å². The molecular weight excluding hydrogens is 372 g/mol. The van der Waals surface area contributed by atoms with Gasteiger partial charge in [0.25, 0.3) is 0 Å². The van der Waals surface area contributed by atoms with Gasteiger partial charge in [-0.25, -0.2) is 22.4 Å². The van der Waals surface area contributed by atoms with Crippen LogP contribution in [0.1, 0.15) is 11.1 Å². The molecule has 0 fully saturated rings. The second-order valence-corrected chi connectivity index (χ2v) is 6.01. The van der Waals surface area contributed by atoms with Gasteiger partial charge in [-0.3, -0.25) is 0 Å². The summed E-state index contributed by atoms with van der Waals surface area (Å²) in [6.07, 6.45) is 1.17. The maximum Gasteiger partial charge on any atom is 0.341 e. The van der Waals surface area contributed by atoms with Crippen LogP contribution in [0, 0.1) is 23.3 Å². The van der Waals surface area contributed by atoms with E-state index in [-0.39, 0.29) is 17.4 Å². The molecule has 3 nitrogen and oxygen atoms in total. The fraction of sp³-hybridized carbons (Fsp3) is 0.167. The predicted molar refractivity (Wildman–Crippen MR) is 89.3 cm³/mol. The summed E-state index contributed by atoms with van der Waals surface area (Å²) in [4.78, 5) is 12.4. The molecule has 0 amide bonds. The van der Waals surface area contributed by atoms with Gasteiger partial charge in [0.15, 0.2) is 23.3 Å². The van der Waals surface area contributed by atoms with E-state index in [0.717, 1.165) is 11.8 Å². The highest BCUT2D eigenvalue weighted by Crippen LogP contribution is 2.33. The lowest BCUT2D eigenvalue weighted by Crippen LogP contribution is -2.06. The van der Waals surface area contributed by atoms with Crippen molar-refractivity contribution in [2.75, 3.05) is 14.2 Å². The number of rotatable bonds is 6. The number of hydrogen-bond donors (Lipinski definition) is 0. The standard InChI is InChI=1S/C18H14F4O3S/c1-24-8-11(18(23)25-2)10-5-3-4-6-15(10)26-9-12-16(21)13(19)7-14(20)17(12)22/h3-8H,9H2,1-2H3/b11-8+. The molecule has 0 unspecified atom stereocenters. The van der Waals surface area contributed by atoms with Crippen molar-refractivity contribution in [3.63, 3.8) is 0 Å². The Kier molecular flexibility index (Phi) is 6.68. The fourth-order valence-corrected chi connectivity index (χ4v) is 3.23. The van der Waals surface area contributed by atoms with E-state index in [9.17, 15) is 22.4 Å². The van der Waals surface area contributed by atoms with Gasteiger partial charge >= 0.3 is 5.97 Å². The van der Waals surface area contributed by atoms with Gasteiger partial charge in [-0.05, 0) is 6.07 Å². The van der Waals surface area contributed by atoms with Gasteiger partial charge in [-0.15, -0.1) is 11.8 Å². The lowest BCUT2D eigenvalue weighted by atomic mass is 10.1. The number of hydrogen-bond acceptors (Lipinski definition) is 4. The molecule has 0 aliphatic heterocycles. The van der Waals surface area contributed by atoms with E-state index in [1.807, 2.05) is 0 Å². The normalized spacial score (nSPS) is 11.4. The van der Waals surface area contributed by atoms with Gasteiger partial charge in [0.1, 0.15) is 5.57 Å². The average molecular weight is 386 g/mol. The Hall–Kier alpha value is -2.48. The minimum absolute atomic E-state index is 0.0875. The summed E-state index contributed by atoms with van der Waals surface area (Å²) in [5.74, 6) is -6.90. The van der Waals surface area contributed by atoms with E-state index in [2.05, 4.69) is 0 Å². The highest BCUT2D eigenvalue weighted by atomic mass is 32.2. The largest absolute Gasteiger partial charge is 0.503 e. The quantitative estimate of drug-likeness (QED) is 0.180. The first-order chi connectivity index (χ1) is 12.4. The summed E-state index contributed by atoms with van der Waals surface area (Å²) in [6, 6.07) is 6.63. The molecule has 26 heavy (non-hydrogen) atoms. The number of esters is 1. The molecule has 0 spiro atoms. The van der Waals surface area contributed by atoms with E-state index in [1.165, 1.54) is 20.5 Å². The molecule has 0 saturated carbocycles. The molecule has 2 aromatic rings. The van der Waals surface area contributed by atoms with Crippen LogP contribution >= 0.6 is 11.8 Å². The summed E-state index contributed by atoms with van der Waals surface area (Å²) in [5.41, 5.74) is -0.244. The Morgan fingerprint density at radius 2 is 1.69 bits per heavy atom. The third-order valence-electron chi connectivity index (χ3n) is 3.39. The van der Waals surface area contributed by atoms with E-state index >= 15 is 0 Å². The predicted octanol–water partition coefficient (Wildman–Crippen LogP) is 4.70. The van der Waals surface area contributed by atoms with Gasteiger partial charge < -0.3 is 9.47 Å². The molecule has 0 atom stereocenters. The first kappa shape index (κ1) is 19.8. The molecule has 0 bridgehead atoms. The molecule has 0 heterocycles. The van der Waals surface area contributed by atoms with Crippen molar-refractivity contribution in [3.8, 4) is 0 Å². The molecule has 2 rings (SSSR count). The van der Waals surface area contributed by atoms with Crippen LogP contribution in [-0.4, -0.2) is 20.2 Å². The second kappa shape index (κ2) is 8.75. The maximum atomic E-state index is 13.8. The molecule has 0 aliphatic carbocycles. The van der Waals surface area contributed by atoms with Crippen LogP contribution in [0.4, 0.5) is 17.6 Å². The third-order valence-corrected chi connectivity index (χ3v) is 4.49. The van der Waals surface area contributed by atoms with Crippen molar-refractivity contribution in [1.82, 2.24) is 0 Å². The van der Waals surface area contributed by atoms with Crippen molar-refractivity contribution in [2.45, 2.75) is 10.6 Å². The first-order valence-electron chi connectivity index (χ1n) is 7.26. The Morgan fingerprint density at radius 3 is 2.27 bits per heavy atom. The minimum Gasteiger partial charge on any atom is -0.503 e. The second-order valence-electron chi connectivity index (χ2n) is 4.99. The zero-order valence-electron chi connectivity index (χ0n) is 13.8. The van der Waals surface area contributed by atoms with Crippen LogP contribution in [0.15, 0.2) is 41.5 Å². The molecule has 2 aromatic carbocycles. The molecule has 0 aromatic heterocycles. The number of methoxy groups -OCH3 is 2. The maximum absolute atomic E-state index is 13.8. The Labute approximate surface area is 151 Å². The van der Waals surface area contributed by atoms with Crippen LogP contribution in [0.25, 0.3) is 5.57 Å². The Morgan fingerprint density at radius 1 is 1.08 bits per heavy atom. The summed E-state index contributed by atoms with van der Waals surface area (Å²) >= 11 is 0.910. The number of carbonyl (C=O) groups is 1. The van der Waals surface area contributed by atoms with Gasteiger partial charge in [0.05, 0.1) is 20.5 Å². The number of halogens is 4. The number of carbonyl (C=O) groups excluding carboxylic acids is 1. The molecule has 0 saturated heterocycles. The first-order valence-corrected chi connectivity index (χ1v) is 8.24. The van der Waals surface area contributed by atoms with Gasteiger partial charge in [0, 0.05) is 27.8 Å². The van der Waals surface area contributed by atoms with Gasteiger partial charge in [-0.2, -0.15) is 0 Å². The zero-order valence-corrected chi connectivity index (χ0v) is 14.6. The molecule has 0 radical (unpaired) electrons. The summed E-state index contributed by atoms with van der Waals surface area (Å²) in [7, 11) is 2.54. The Bertz CT molecular complexity index is 826.